The fourth-order valence-electron chi connectivity index (χ4n) is 3.02. The summed E-state index contributed by atoms with van der Waals surface area (Å²) in [5.74, 6) is 0.893. The summed E-state index contributed by atoms with van der Waals surface area (Å²) in [4.78, 5) is 0. The van der Waals surface area contributed by atoms with Gasteiger partial charge in [-0.1, -0.05) is 47.5 Å². The second-order valence-corrected chi connectivity index (χ2v) is 5.65. The molecule has 2 nitrogen and oxygen atoms in total. The molecular weight excluding hydrogens is 248 g/mol. The summed E-state index contributed by atoms with van der Waals surface area (Å²) >= 11 is 0. The normalized spacial score (nSPS) is 14.8. The number of hydrogen-bond acceptors (Lipinski definition) is 2. The molecule has 2 heteroatoms. The highest BCUT2D eigenvalue weighted by Crippen LogP contribution is 2.34. The SMILES string of the molecule is Cc1cc(C)cc(CC(O)c2cccc3c2OCC3)c1. The minimum Gasteiger partial charge on any atom is -0.493 e. The average molecular weight is 268 g/mol. The van der Waals surface area contributed by atoms with Gasteiger partial charge in [-0.05, 0) is 25.0 Å². The highest BCUT2D eigenvalue weighted by Gasteiger charge is 2.20. The van der Waals surface area contributed by atoms with E-state index in [1.165, 1.54) is 22.3 Å². The number of benzene rings is 2. The van der Waals surface area contributed by atoms with Gasteiger partial charge in [0.25, 0.3) is 0 Å². The number of aliphatic hydroxyl groups is 1. The molecule has 1 N–H and O–H groups in total. The van der Waals surface area contributed by atoms with Crippen LogP contribution in [0.1, 0.15) is 33.9 Å². The first-order valence-electron chi connectivity index (χ1n) is 7.13. The maximum atomic E-state index is 10.5. The Labute approximate surface area is 120 Å². The maximum absolute atomic E-state index is 10.5. The Bertz CT molecular complexity index is 611. The maximum Gasteiger partial charge on any atom is 0.128 e. The van der Waals surface area contributed by atoms with E-state index in [-0.39, 0.29) is 0 Å². The highest BCUT2D eigenvalue weighted by molar-refractivity contribution is 5.45. The minimum atomic E-state index is -0.510. The molecule has 1 aliphatic rings. The van der Waals surface area contributed by atoms with Crippen molar-refractivity contribution in [3.8, 4) is 5.75 Å². The fourth-order valence-corrected chi connectivity index (χ4v) is 3.02. The second-order valence-electron chi connectivity index (χ2n) is 5.65. The molecule has 2 aromatic carbocycles. The average Bonchev–Trinajstić information content (AvgIpc) is 2.85. The van der Waals surface area contributed by atoms with Gasteiger partial charge in [0.2, 0.25) is 0 Å². The topological polar surface area (TPSA) is 29.5 Å². The molecule has 0 spiro atoms. The largest absolute Gasteiger partial charge is 0.493 e. The molecule has 20 heavy (non-hydrogen) atoms. The van der Waals surface area contributed by atoms with E-state index in [0.29, 0.717) is 6.42 Å². The molecule has 0 amide bonds. The van der Waals surface area contributed by atoms with Crippen molar-refractivity contribution in [2.24, 2.45) is 0 Å². The Hall–Kier alpha value is -1.80. The van der Waals surface area contributed by atoms with Crippen LogP contribution in [0.4, 0.5) is 0 Å². The lowest BCUT2D eigenvalue weighted by molar-refractivity contribution is 0.173. The monoisotopic (exact) mass is 268 g/mol. The number of aliphatic hydroxyl groups excluding tert-OH is 1. The van der Waals surface area contributed by atoms with E-state index < -0.39 is 6.10 Å². The number of aryl methyl sites for hydroxylation is 2. The number of hydrogen-bond donors (Lipinski definition) is 1. The van der Waals surface area contributed by atoms with Crippen molar-refractivity contribution in [3.63, 3.8) is 0 Å². The van der Waals surface area contributed by atoms with Crippen molar-refractivity contribution in [3.05, 3.63) is 64.2 Å². The molecule has 1 heterocycles. The van der Waals surface area contributed by atoms with Gasteiger partial charge in [0, 0.05) is 18.4 Å². The van der Waals surface area contributed by atoms with E-state index in [4.69, 9.17) is 4.74 Å². The summed E-state index contributed by atoms with van der Waals surface area (Å²) in [7, 11) is 0. The molecule has 3 rings (SSSR count). The smallest absolute Gasteiger partial charge is 0.128 e. The third-order valence-corrected chi connectivity index (χ3v) is 3.81. The van der Waals surface area contributed by atoms with Gasteiger partial charge in [0.15, 0.2) is 0 Å². The molecule has 1 unspecified atom stereocenters. The number of ether oxygens (including phenoxy) is 1. The van der Waals surface area contributed by atoms with Crippen LogP contribution >= 0.6 is 0 Å². The first kappa shape index (κ1) is 13.2. The van der Waals surface area contributed by atoms with Crippen LogP contribution in [0, 0.1) is 13.8 Å². The van der Waals surface area contributed by atoms with Crippen molar-refractivity contribution >= 4 is 0 Å². The molecule has 104 valence electrons. The number of para-hydroxylation sites is 1. The molecule has 2 aromatic rings. The zero-order valence-electron chi connectivity index (χ0n) is 12.0. The molecule has 0 saturated carbocycles. The first-order chi connectivity index (χ1) is 9.63. The van der Waals surface area contributed by atoms with Crippen LogP contribution < -0.4 is 4.74 Å². The zero-order chi connectivity index (χ0) is 14.1. The van der Waals surface area contributed by atoms with E-state index in [2.05, 4.69) is 38.1 Å². The van der Waals surface area contributed by atoms with Crippen LogP contribution in [0.3, 0.4) is 0 Å². The molecule has 1 aliphatic heterocycles. The van der Waals surface area contributed by atoms with E-state index in [1.807, 2.05) is 12.1 Å². The Morgan fingerprint density at radius 1 is 1.15 bits per heavy atom. The Morgan fingerprint density at radius 3 is 2.65 bits per heavy atom. The minimum absolute atomic E-state index is 0.510. The van der Waals surface area contributed by atoms with E-state index >= 15 is 0 Å². The van der Waals surface area contributed by atoms with Gasteiger partial charge in [-0.15, -0.1) is 0 Å². The summed E-state index contributed by atoms with van der Waals surface area (Å²) in [6.07, 6.45) is 1.06. The van der Waals surface area contributed by atoms with Gasteiger partial charge in [-0.3, -0.25) is 0 Å². The Kier molecular flexibility index (Phi) is 3.49. The fraction of sp³-hybridized carbons (Fsp3) is 0.333. The van der Waals surface area contributed by atoms with Crippen LogP contribution in [0.25, 0.3) is 0 Å². The molecule has 0 aliphatic carbocycles. The molecule has 1 atom stereocenters. The van der Waals surface area contributed by atoms with Gasteiger partial charge < -0.3 is 9.84 Å². The number of rotatable bonds is 3. The second kappa shape index (κ2) is 5.29. The number of fused-ring (bicyclic) bond motifs is 1. The van der Waals surface area contributed by atoms with Crippen molar-refractivity contribution in [2.75, 3.05) is 6.61 Å². The standard InChI is InChI=1S/C18H20O2/c1-12-8-13(2)10-14(9-12)11-17(19)16-5-3-4-15-6-7-20-18(15)16/h3-5,8-10,17,19H,6-7,11H2,1-2H3. The van der Waals surface area contributed by atoms with Gasteiger partial charge >= 0.3 is 0 Å². The van der Waals surface area contributed by atoms with Gasteiger partial charge in [-0.2, -0.15) is 0 Å². The highest BCUT2D eigenvalue weighted by atomic mass is 16.5. The van der Waals surface area contributed by atoms with Crippen LogP contribution in [0.5, 0.6) is 5.75 Å². The predicted molar refractivity (Wildman–Crippen MR) is 80.2 cm³/mol. The zero-order valence-corrected chi connectivity index (χ0v) is 12.0. The Morgan fingerprint density at radius 2 is 1.90 bits per heavy atom. The molecule has 0 fully saturated rings. The third-order valence-electron chi connectivity index (χ3n) is 3.81. The van der Waals surface area contributed by atoms with Gasteiger partial charge in [0.1, 0.15) is 5.75 Å². The van der Waals surface area contributed by atoms with Crippen LogP contribution in [0.2, 0.25) is 0 Å². The summed E-state index contributed by atoms with van der Waals surface area (Å²) < 4.78 is 5.68. The molecule has 0 bridgehead atoms. The quantitative estimate of drug-likeness (QED) is 0.923. The summed E-state index contributed by atoms with van der Waals surface area (Å²) in [5.41, 5.74) is 5.77. The van der Waals surface area contributed by atoms with E-state index in [9.17, 15) is 5.11 Å². The van der Waals surface area contributed by atoms with Crippen molar-refractivity contribution in [1.82, 2.24) is 0 Å². The van der Waals surface area contributed by atoms with Crippen LogP contribution in [-0.4, -0.2) is 11.7 Å². The molecule has 0 saturated heterocycles. The lowest BCUT2D eigenvalue weighted by Gasteiger charge is -2.15. The van der Waals surface area contributed by atoms with Crippen molar-refractivity contribution < 1.29 is 9.84 Å². The third kappa shape index (κ3) is 2.56. The van der Waals surface area contributed by atoms with Crippen molar-refractivity contribution in [2.45, 2.75) is 32.8 Å². The van der Waals surface area contributed by atoms with Gasteiger partial charge in [-0.25, -0.2) is 0 Å². The molecule has 0 radical (unpaired) electrons. The van der Waals surface area contributed by atoms with E-state index in [1.54, 1.807) is 0 Å². The Balaban J connectivity index is 1.86. The lowest BCUT2D eigenvalue weighted by atomic mass is 9.96. The first-order valence-corrected chi connectivity index (χ1v) is 7.13. The summed E-state index contributed by atoms with van der Waals surface area (Å²) in [5, 5.41) is 10.5. The molecule has 0 aromatic heterocycles. The summed E-state index contributed by atoms with van der Waals surface area (Å²) in [6, 6.07) is 12.5. The van der Waals surface area contributed by atoms with Crippen molar-refractivity contribution in [1.29, 1.82) is 0 Å². The van der Waals surface area contributed by atoms with E-state index in [0.717, 1.165) is 24.3 Å². The summed E-state index contributed by atoms with van der Waals surface area (Å²) in [6.45, 7) is 4.90. The lowest BCUT2D eigenvalue weighted by Crippen LogP contribution is -2.04. The molecular formula is C18H20O2. The van der Waals surface area contributed by atoms with Crippen LogP contribution in [0.15, 0.2) is 36.4 Å². The van der Waals surface area contributed by atoms with Gasteiger partial charge in [0.05, 0.1) is 12.7 Å². The van der Waals surface area contributed by atoms with Crippen LogP contribution in [-0.2, 0) is 12.8 Å². The predicted octanol–water partition coefficient (Wildman–Crippen LogP) is 3.51.